The van der Waals surface area contributed by atoms with Crippen LogP contribution < -0.4 is 15.6 Å². The van der Waals surface area contributed by atoms with Crippen LogP contribution in [-0.4, -0.2) is 36.6 Å². The van der Waals surface area contributed by atoms with Crippen LogP contribution in [0.15, 0.2) is 53.9 Å². The van der Waals surface area contributed by atoms with Gasteiger partial charge in [0.2, 0.25) is 5.91 Å². The molecule has 1 aromatic heterocycles. The van der Waals surface area contributed by atoms with Crippen molar-refractivity contribution >= 4 is 28.9 Å². The molecule has 1 heterocycles. The lowest BCUT2D eigenvalue weighted by Crippen LogP contribution is -2.21. The van der Waals surface area contributed by atoms with Gasteiger partial charge < -0.3 is 10.2 Å². The van der Waals surface area contributed by atoms with Crippen molar-refractivity contribution in [2.24, 2.45) is 5.10 Å². The highest BCUT2D eigenvalue weighted by atomic mass is 16.2. The fourth-order valence-corrected chi connectivity index (χ4v) is 2.03. The molecular weight excluding hydrogens is 318 g/mol. The van der Waals surface area contributed by atoms with Crippen LogP contribution in [0, 0.1) is 0 Å². The van der Waals surface area contributed by atoms with Gasteiger partial charge in [-0.2, -0.15) is 5.10 Å². The summed E-state index contributed by atoms with van der Waals surface area (Å²) >= 11 is 0. The molecule has 0 atom stereocenters. The summed E-state index contributed by atoms with van der Waals surface area (Å²) in [4.78, 5) is 29.7. The van der Waals surface area contributed by atoms with Crippen LogP contribution >= 0.6 is 0 Å². The summed E-state index contributed by atoms with van der Waals surface area (Å²) in [6.45, 7) is 1.68. The molecule has 0 bridgehead atoms. The minimum atomic E-state index is -0.368. The first-order chi connectivity index (χ1) is 12.0. The maximum Gasteiger partial charge on any atom is 0.272 e. The molecule has 25 heavy (non-hydrogen) atoms. The molecule has 0 fully saturated rings. The molecule has 0 aliphatic carbocycles. The summed E-state index contributed by atoms with van der Waals surface area (Å²) in [6, 6.07) is 10.8. The van der Waals surface area contributed by atoms with E-state index in [1.807, 2.05) is 43.3 Å². The van der Waals surface area contributed by atoms with Crippen molar-refractivity contribution in [1.82, 2.24) is 10.4 Å². The number of carbonyl (C=O) groups excluding carboxylic acids is 2. The molecule has 7 heteroatoms. The predicted octanol–water partition coefficient (Wildman–Crippen LogP) is 2.28. The molecule has 0 aliphatic rings. The number of hydrogen-bond acceptors (Lipinski definition) is 5. The van der Waals surface area contributed by atoms with Crippen molar-refractivity contribution in [1.29, 1.82) is 0 Å². The second-order valence-electron chi connectivity index (χ2n) is 5.70. The van der Waals surface area contributed by atoms with E-state index in [1.165, 1.54) is 6.20 Å². The third-order valence-corrected chi connectivity index (χ3v) is 3.36. The number of aromatic nitrogens is 1. The highest BCUT2D eigenvalue weighted by molar-refractivity contribution is 6.06. The van der Waals surface area contributed by atoms with Gasteiger partial charge in [-0.15, -0.1) is 0 Å². The first kappa shape index (κ1) is 18.1. The Labute approximate surface area is 146 Å². The fraction of sp³-hybridized carbons (Fsp3) is 0.222. The van der Waals surface area contributed by atoms with Gasteiger partial charge in [0.25, 0.3) is 5.91 Å². The Morgan fingerprint density at radius 1 is 1.16 bits per heavy atom. The molecule has 0 unspecified atom stereocenters. The van der Waals surface area contributed by atoms with E-state index in [2.05, 4.69) is 20.8 Å². The molecule has 130 valence electrons. The van der Waals surface area contributed by atoms with Gasteiger partial charge in [-0.3, -0.25) is 14.6 Å². The first-order valence-corrected chi connectivity index (χ1v) is 7.76. The normalized spacial score (nSPS) is 10.9. The Balaban J connectivity index is 1.85. The maximum absolute atomic E-state index is 12.0. The van der Waals surface area contributed by atoms with E-state index in [4.69, 9.17) is 0 Å². The van der Waals surface area contributed by atoms with Gasteiger partial charge in [-0.25, -0.2) is 5.43 Å². The predicted molar refractivity (Wildman–Crippen MR) is 98.8 cm³/mol. The van der Waals surface area contributed by atoms with Crippen LogP contribution in [-0.2, 0) is 4.79 Å². The Bertz CT molecular complexity index is 755. The van der Waals surface area contributed by atoms with Crippen LogP contribution in [0.3, 0.4) is 0 Å². The molecule has 2 rings (SSSR count). The lowest BCUT2D eigenvalue weighted by Gasteiger charge is -2.13. The minimum absolute atomic E-state index is 0.0861. The second kappa shape index (κ2) is 8.58. The number of amides is 2. The van der Waals surface area contributed by atoms with Gasteiger partial charge in [0, 0.05) is 43.6 Å². The van der Waals surface area contributed by atoms with Gasteiger partial charge in [0.1, 0.15) is 0 Å². The van der Waals surface area contributed by atoms with Crippen LogP contribution in [0.1, 0.15) is 23.7 Å². The molecule has 0 saturated carbocycles. The summed E-state index contributed by atoms with van der Waals surface area (Å²) in [5, 5.41) is 6.74. The van der Waals surface area contributed by atoms with Crippen molar-refractivity contribution in [3.8, 4) is 0 Å². The molecule has 2 amide bonds. The highest BCUT2D eigenvalue weighted by Gasteiger charge is 2.07. The van der Waals surface area contributed by atoms with E-state index in [0.29, 0.717) is 17.0 Å². The van der Waals surface area contributed by atoms with Crippen molar-refractivity contribution < 1.29 is 9.59 Å². The van der Waals surface area contributed by atoms with E-state index in [0.717, 1.165) is 5.69 Å². The van der Waals surface area contributed by atoms with E-state index >= 15 is 0 Å². The third-order valence-electron chi connectivity index (χ3n) is 3.36. The Hall–Kier alpha value is -3.22. The van der Waals surface area contributed by atoms with Crippen LogP contribution in [0.4, 0.5) is 11.4 Å². The number of rotatable bonds is 6. The maximum atomic E-state index is 12.0. The fourth-order valence-electron chi connectivity index (χ4n) is 2.03. The summed E-state index contributed by atoms with van der Waals surface area (Å²) in [5.41, 5.74) is 5.08. The standard InChI is InChI=1S/C18H21N5O2/c1-13(21-22-18(25)14-5-4-10-19-12-14)11-17(24)20-15-6-8-16(9-7-15)23(2)3/h4-10,12H,11H2,1-3H3,(H,20,24)(H,22,25)/b21-13-. The summed E-state index contributed by atoms with van der Waals surface area (Å²) < 4.78 is 0. The molecule has 7 nitrogen and oxygen atoms in total. The monoisotopic (exact) mass is 339 g/mol. The van der Waals surface area contributed by atoms with Crippen LogP contribution in [0.5, 0.6) is 0 Å². The van der Waals surface area contributed by atoms with E-state index in [9.17, 15) is 9.59 Å². The number of carbonyl (C=O) groups is 2. The van der Waals surface area contributed by atoms with Crippen molar-refractivity contribution in [3.63, 3.8) is 0 Å². The molecule has 0 saturated heterocycles. The first-order valence-electron chi connectivity index (χ1n) is 7.76. The van der Waals surface area contributed by atoms with Crippen LogP contribution in [0.2, 0.25) is 0 Å². The summed E-state index contributed by atoms with van der Waals surface area (Å²) in [6.07, 6.45) is 3.12. The van der Waals surface area contributed by atoms with Gasteiger partial charge in [-0.05, 0) is 43.3 Å². The average Bonchev–Trinajstić information content (AvgIpc) is 2.60. The van der Waals surface area contributed by atoms with E-state index in [1.54, 1.807) is 25.3 Å². The van der Waals surface area contributed by atoms with Crippen molar-refractivity contribution in [2.45, 2.75) is 13.3 Å². The van der Waals surface area contributed by atoms with E-state index in [-0.39, 0.29) is 18.2 Å². The lowest BCUT2D eigenvalue weighted by molar-refractivity contribution is -0.115. The number of hydrogen-bond donors (Lipinski definition) is 2. The molecule has 2 N–H and O–H groups in total. The molecule has 0 spiro atoms. The van der Waals surface area contributed by atoms with Gasteiger partial charge in [0.05, 0.1) is 12.0 Å². The largest absolute Gasteiger partial charge is 0.378 e. The SMILES string of the molecule is C/C(CC(=O)Nc1ccc(N(C)C)cc1)=N/NC(=O)c1cccnc1. The van der Waals surface area contributed by atoms with Gasteiger partial charge >= 0.3 is 0 Å². The van der Waals surface area contributed by atoms with Crippen molar-refractivity contribution in [3.05, 3.63) is 54.4 Å². The number of anilines is 2. The number of hydrazone groups is 1. The highest BCUT2D eigenvalue weighted by Crippen LogP contribution is 2.15. The molecular formula is C18H21N5O2. The van der Waals surface area contributed by atoms with Crippen LogP contribution in [0.25, 0.3) is 0 Å². The zero-order valence-corrected chi connectivity index (χ0v) is 14.5. The molecule has 1 aromatic carbocycles. The quantitative estimate of drug-likeness (QED) is 0.624. The summed E-state index contributed by atoms with van der Waals surface area (Å²) in [7, 11) is 3.90. The Morgan fingerprint density at radius 2 is 1.88 bits per heavy atom. The topological polar surface area (TPSA) is 86.7 Å². The van der Waals surface area contributed by atoms with Gasteiger partial charge in [-0.1, -0.05) is 0 Å². The molecule has 2 aromatic rings. The average molecular weight is 339 g/mol. The Kier molecular flexibility index (Phi) is 6.22. The molecule has 0 aliphatic heterocycles. The second-order valence-corrected chi connectivity index (χ2v) is 5.70. The molecule has 0 radical (unpaired) electrons. The number of benzene rings is 1. The number of nitrogens with zero attached hydrogens (tertiary/aromatic N) is 3. The smallest absolute Gasteiger partial charge is 0.272 e. The zero-order valence-electron chi connectivity index (χ0n) is 14.5. The number of nitrogens with one attached hydrogen (secondary N) is 2. The summed E-state index contributed by atoms with van der Waals surface area (Å²) in [5.74, 6) is -0.568. The third kappa shape index (κ3) is 5.72. The lowest BCUT2D eigenvalue weighted by atomic mass is 10.2. The zero-order chi connectivity index (χ0) is 18.2. The van der Waals surface area contributed by atoms with Gasteiger partial charge in [0.15, 0.2) is 0 Å². The number of pyridine rings is 1. The van der Waals surface area contributed by atoms with Crippen molar-refractivity contribution in [2.75, 3.05) is 24.3 Å². The van der Waals surface area contributed by atoms with E-state index < -0.39 is 0 Å². The Morgan fingerprint density at radius 3 is 2.48 bits per heavy atom. The minimum Gasteiger partial charge on any atom is -0.378 e.